The van der Waals surface area contributed by atoms with Gasteiger partial charge in [0.25, 0.3) is 0 Å². The molecule has 3 fully saturated rings. The number of morpholine rings is 1. The number of nitrogens with zero attached hydrogens (tertiary/aromatic N) is 3. The zero-order valence-corrected chi connectivity index (χ0v) is 17.8. The number of hydrogen-bond donors (Lipinski definition) is 2. The highest BCUT2D eigenvalue weighted by Crippen LogP contribution is 2.34. The predicted molar refractivity (Wildman–Crippen MR) is 112 cm³/mol. The summed E-state index contributed by atoms with van der Waals surface area (Å²) in [6, 6.07) is 1.35. The zero-order chi connectivity index (χ0) is 19.1. The van der Waals surface area contributed by atoms with Crippen LogP contribution >= 0.6 is 0 Å². The topological polar surface area (TPSA) is 52.1 Å². The molecular weight excluding hydrogens is 338 g/mol. The van der Waals surface area contributed by atoms with Crippen molar-refractivity contribution in [1.29, 1.82) is 0 Å². The third kappa shape index (κ3) is 7.24. The summed E-state index contributed by atoms with van der Waals surface area (Å²) in [6.45, 7) is 15.7. The average Bonchev–Trinajstić information content (AvgIpc) is 3.55. The largest absolute Gasteiger partial charge is 0.379 e. The van der Waals surface area contributed by atoms with Gasteiger partial charge in [0.05, 0.1) is 19.8 Å². The summed E-state index contributed by atoms with van der Waals surface area (Å²) < 4.78 is 5.52. The Balaban J connectivity index is 1.46. The van der Waals surface area contributed by atoms with Gasteiger partial charge in [0.1, 0.15) is 0 Å². The van der Waals surface area contributed by atoms with E-state index in [9.17, 15) is 0 Å². The molecule has 0 radical (unpaired) electrons. The van der Waals surface area contributed by atoms with Crippen LogP contribution in [0.4, 0.5) is 0 Å². The standard InChI is InChI=1S/C21H41N5O/c1-4-22-21(23-9-10-26(19-7-8-19)16-18-5-6-18)24-15-20(17(2)3)25-11-13-27-14-12-25/h17-20H,4-16H2,1-3H3,(H2,22,23,24). The van der Waals surface area contributed by atoms with E-state index in [1.807, 2.05) is 0 Å². The van der Waals surface area contributed by atoms with E-state index in [-0.39, 0.29) is 0 Å². The molecule has 6 heteroatoms. The molecule has 0 amide bonds. The van der Waals surface area contributed by atoms with E-state index in [1.165, 1.54) is 32.2 Å². The van der Waals surface area contributed by atoms with Crippen LogP contribution < -0.4 is 10.6 Å². The fraction of sp³-hybridized carbons (Fsp3) is 0.952. The van der Waals surface area contributed by atoms with Gasteiger partial charge < -0.3 is 15.4 Å². The third-order valence-corrected chi connectivity index (χ3v) is 6.01. The number of nitrogens with one attached hydrogen (secondary N) is 2. The Labute approximate surface area is 166 Å². The van der Waals surface area contributed by atoms with Crippen molar-refractivity contribution in [3.8, 4) is 0 Å². The number of hydrogen-bond acceptors (Lipinski definition) is 4. The van der Waals surface area contributed by atoms with Crippen LogP contribution in [0.3, 0.4) is 0 Å². The Bertz CT molecular complexity index is 455. The maximum Gasteiger partial charge on any atom is 0.191 e. The molecule has 1 unspecified atom stereocenters. The van der Waals surface area contributed by atoms with Crippen LogP contribution in [0.1, 0.15) is 46.5 Å². The van der Waals surface area contributed by atoms with E-state index in [2.05, 4.69) is 41.2 Å². The minimum Gasteiger partial charge on any atom is -0.379 e. The van der Waals surface area contributed by atoms with Crippen LogP contribution in [-0.4, -0.2) is 86.9 Å². The molecule has 6 nitrogen and oxygen atoms in total. The SMILES string of the molecule is CCNC(=NCC(C(C)C)N1CCOCC1)NCCN(CC1CC1)C1CC1. The lowest BCUT2D eigenvalue weighted by Crippen LogP contribution is -2.48. The molecule has 2 saturated carbocycles. The molecule has 3 rings (SSSR count). The molecule has 1 saturated heterocycles. The second-order valence-electron chi connectivity index (χ2n) is 8.78. The van der Waals surface area contributed by atoms with Crippen molar-refractivity contribution < 1.29 is 4.74 Å². The van der Waals surface area contributed by atoms with Crippen molar-refractivity contribution in [3.05, 3.63) is 0 Å². The number of rotatable bonds is 11. The third-order valence-electron chi connectivity index (χ3n) is 6.01. The average molecular weight is 380 g/mol. The van der Waals surface area contributed by atoms with Crippen molar-refractivity contribution in [2.45, 2.75) is 58.5 Å². The van der Waals surface area contributed by atoms with Crippen molar-refractivity contribution in [1.82, 2.24) is 20.4 Å². The normalized spacial score (nSPS) is 23.1. The van der Waals surface area contributed by atoms with Gasteiger partial charge in [-0.1, -0.05) is 13.8 Å². The van der Waals surface area contributed by atoms with Crippen molar-refractivity contribution >= 4 is 5.96 Å². The molecule has 0 aromatic heterocycles. The first kappa shape index (κ1) is 20.9. The van der Waals surface area contributed by atoms with E-state index in [4.69, 9.17) is 9.73 Å². The van der Waals surface area contributed by atoms with Gasteiger partial charge in [-0.3, -0.25) is 14.8 Å². The van der Waals surface area contributed by atoms with Gasteiger partial charge in [-0.15, -0.1) is 0 Å². The second-order valence-corrected chi connectivity index (χ2v) is 8.78. The number of ether oxygens (including phenoxy) is 1. The molecule has 0 spiro atoms. The minimum atomic E-state index is 0.488. The van der Waals surface area contributed by atoms with E-state index >= 15 is 0 Å². The van der Waals surface area contributed by atoms with Gasteiger partial charge in [0.2, 0.25) is 0 Å². The van der Waals surface area contributed by atoms with Gasteiger partial charge >= 0.3 is 0 Å². The molecule has 1 atom stereocenters. The highest BCUT2D eigenvalue weighted by molar-refractivity contribution is 5.79. The van der Waals surface area contributed by atoms with Gasteiger partial charge in [-0.25, -0.2) is 0 Å². The molecule has 1 aliphatic heterocycles. The molecule has 2 N–H and O–H groups in total. The number of guanidine groups is 1. The first-order valence-electron chi connectivity index (χ1n) is 11.3. The predicted octanol–water partition coefficient (Wildman–Crippen LogP) is 1.77. The highest BCUT2D eigenvalue weighted by atomic mass is 16.5. The summed E-state index contributed by atoms with van der Waals surface area (Å²) in [5.74, 6) is 2.55. The van der Waals surface area contributed by atoms with Crippen molar-refractivity contribution in [3.63, 3.8) is 0 Å². The lowest BCUT2D eigenvalue weighted by atomic mass is 10.0. The van der Waals surface area contributed by atoms with E-state index in [0.29, 0.717) is 12.0 Å². The molecule has 0 aromatic rings. The monoisotopic (exact) mass is 379 g/mol. The Kier molecular flexibility index (Phi) is 8.22. The van der Waals surface area contributed by atoms with Crippen molar-refractivity contribution in [2.75, 3.05) is 59.0 Å². The van der Waals surface area contributed by atoms with E-state index in [1.54, 1.807) is 0 Å². The van der Waals surface area contributed by atoms with Gasteiger partial charge in [0, 0.05) is 51.4 Å². The molecule has 3 aliphatic rings. The summed E-state index contributed by atoms with van der Waals surface area (Å²) in [6.07, 6.45) is 5.69. The first-order valence-corrected chi connectivity index (χ1v) is 11.3. The van der Waals surface area contributed by atoms with Crippen molar-refractivity contribution in [2.24, 2.45) is 16.8 Å². The Morgan fingerprint density at radius 2 is 1.89 bits per heavy atom. The summed E-state index contributed by atoms with van der Waals surface area (Å²) in [4.78, 5) is 10.2. The Morgan fingerprint density at radius 1 is 1.15 bits per heavy atom. The molecular formula is C21H41N5O. The Hall–Kier alpha value is -0.850. The smallest absolute Gasteiger partial charge is 0.191 e. The minimum absolute atomic E-state index is 0.488. The van der Waals surface area contributed by atoms with E-state index < -0.39 is 0 Å². The lowest BCUT2D eigenvalue weighted by molar-refractivity contribution is 0.00867. The lowest BCUT2D eigenvalue weighted by Gasteiger charge is -2.36. The van der Waals surface area contributed by atoms with Gasteiger partial charge in [0.15, 0.2) is 5.96 Å². The molecule has 0 bridgehead atoms. The second kappa shape index (κ2) is 10.6. The molecule has 2 aliphatic carbocycles. The summed E-state index contributed by atoms with van der Waals surface area (Å²) in [5.41, 5.74) is 0. The van der Waals surface area contributed by atoms with Crippen LogP contribution in [0, 0.1) is 11.8 Å². The van der Waals surface area contributed by atoms with Gasteiger partial charge in [-0.05, 0) is 44.4 Å². The zero-order valence-electron chi connectivity index (χ0n) is 17.8. The first-order chi connectivity index (χ1) is 13.2. The molecule has 0 aromatic carbocycles. The Morgan fingerprint density at radius 3 is 2.48 bits per heavy atom. The summed E-state index contributed by atoms with van der Waals surface area (Å²) in [7, 11) is 0. The highest BCUT2D eigenvalue weighted by Gasteiger charge is 2.33. The molecule has 27 heavy (non-hydrogen) atoms. The van der Waals surface area contributed by atoms with Crippen LogP contribution in [-0.2, 0) is 4.74 Å². The fourth-order valence-corrected chi connectivity index (χ4v) is 4.00. The van der Waals surface area contributed by atoms with Crippen LogP contribution in [0.5, 0.6) is 0 Å². The van der Waals surface area contributed by atoms with Gasteiger partial charge in [-0.2, -0.15) is 0 Å². The summed E-state index contributed by atoms with van der Waals surface area (Å²) >= 11 is 0. The molecule has 1 heterocycles. The number of aliphatic imine (C=N–C) groups is 1. The fourth-order valence-electron chi connectivity index (χ4n) is 4.00. The van der Waals surface area contributed by atoms with Crippen LogP contribution in [0.2, 0.25) is 0 Å². The summed E-state index contributed by atoms with van der Waals surface area (Å²) in [5, 5.41) is 7.01. The van der Waals surface area contributed by atoms with Crippen LogP contribution in [0.25, 0.3) is 0 Å². The maximum atomic E-state index is 5.52. The van der Waals surface area contributed by atoms with E-state index in [0.717, 1.165) is 70.4 Å². The molecule has 156 valence electrons. The van der Waals surface area contributed by atoms with Crippen LogP contribution in [0.15, 0.2) is 4.99 Å². The maximum absolute atomic E-state index is 5.52. The quantitative estimate of drug-likeness (QED) is 0.423.